The van der Waals surface area contributed by atoms with Crippen molar-refractivity contribution < 1.29 is 9.90 Å². The Bertz CT molecular complexity index is 1110. The van der Waals surface area contributed by atoms with Crippen molar-refractivity contribution in [1.82, 2.24) is 14.8 Å². The Morgan fingerprint density at radius 1 is 1.00 bits per heavy atom. The van der Waals surface area contributed by atoms with E-state index in [0.717, 1.165) is 11.3 Å². The number of rotatable bonds is 4. The van der Waals surface area contributed by atoms with Crippen molar-refractivity contribution in [1.29, 1.82) is 0 Å². The van der Waals surface area contributed by atoms with Crippen LogP contribution >= 0.6 is 0 Å². The van der Waals surface area contributed by atoms with E-state index in [1.165, 1.54) is 6.07 Å². The molecule has 5 heteroatoms. The van der Waals surface area contributed by atoms with Gasteiger partial charge in [0, 0.05) is 22.7 Å². The number of carbonyl (C=O) groups excluding carboxylic acids is 1. The Balaban J connectivity index is 1.67. The number of para-hydroxylation sites is 2. The molecule has 0 amide bonds. The van der Waals surface area contributed by atoms with Crippen LogP contribution in [0.25, 0.3) is 28.7 Å². The van der Waals surface area contributed by atoms with Crippen molar-refractivity contribution in [2.24, 2.45) is 0 Å². The van der Waals surface area contributed by atoms with Crippen LogP contribution in [0.3, 0.4) is 0 Å². The Morgan fingerprint density at radius 2 is 1.77 bits per heavy atom. The maximum atomic E-state index is 11.4. The van der Waals surface area contributed by atoms with Crippen LogP contribution in [0, 0.1) is 0 Å². The molecule has 26 heavy (non-hydrogen) atoms. The summed E-state index contributed by atoms with van der Waals surface area (Å²) in [5, 5.41) is 16.3. The van der Waals surface area contributed by atoms with Crippen molar-refractivity contribution >= 4 is 29.0 Å². The number of fused-ring (bicyclic) bond motifs is 1. The molecule has 0 radical (unpaired) electrons. The summed E-state index contributed by atoms with van der Waals surface area (Å²) in [5.41, 5.74) is 3.16. The molecular weight excluding hydrogens is 326 g/mol. The first-order chi connectivity index (χ1) is 12.7. The van der Waals surface area contributed by atoms with Crippen LogP contribution in [-0.2, 0) is 0 Å². The molecule has 0 aliphatic carbocycles. The second-order valence-electron chi connectivity index (χ2n) is 5.79. The van der Waals surface area contributed by atoms with Crippen LogP contribution in [0.4, 0.5) is 0 Å². The van der Waals surface area contributed by atoms with Crippen molar-refractivity contribution in [3.8, 4) is 5.69 Å². The third-order valence-corrected chi connectivity index (χ3v) is 4.03. The van der Waals surface area contributed by atoms with Gasteiger partial charge >= 0.3 is 0 Å². The van der Waals surface area contributed by atoms with Gasteiger partial charge in [-0.3, -0.25) is 0 Å². The second kappa shape index (κ2) is 6.64. The third-order valence-electron chi connectivity index (χ3n) is 4.03. The van der Waals surface area contributed by atoms with Crippen LogP contribution < -0.4 is 5.11 Å². The van der Waals surface area contributed by atoms with Crippen molar-refractivity contribution in [3.05, 3.63) is 89.9 Å². The van der Waals surface area contributed by atoms with Crippen molar-refractivity contribution in [3.63, 3.8) is 0 Å². The molecule has 2 aromatic heterocycles. The first kappa shape index (κ1) is 15.8. The lowest BCUT2D eigenvalue weighted by Crippen LogP contribution is -2.22. The lowest BCUT2D eigenvalue weighted by Gasteiger charge is -2.08. The standard InChI is InChI=1S/C21H15N3O2/c25-21(26)19-12-16(23-20-9-5-4-8-18(19)20)11-10-15-13-22-24(14-15)17-6-2-1-3-7-17/h1-14H,(H,25,26)/p-1/b11-10+. The zero-order chi connectivity index (χ0) is 17.9. The average molecular weight is 340 g/mol. The Morgan fingerprint density at radius 3 is 2.58 bits per heavy atom. The highest BCUT2D eigenvalue weighted by atomic mass is 16.4. The number of carboxylic acid groups (broad SMARTS) is 1. The summed E-state index contributed by atoms with van der Waals surface area (Å²) in [4.78, 5) is 15.9. The second-order valence-corrected chi connectivity index (χ2v) is 5.79. The van der Waals surface area contributed by atoms with E-state index in [9.17, 15) is 9.90 Å². The summed E-state index contributed by atoms with van der Waals surface area (Å²) < 4.78 is 1.78. The van der Waals surface area contributed by atoms with Gasteiger partial charge in [-0.15, -0.1) is 0 Å². The van der Waals surface area contributed by atoms with Gasteiger partial charge in [-0.05, 0) is 36.4 Å². The molecule has 2 heterocycles. The normalized spacial score (nSPS) is 11.2. The SMILES string of the molecule is O=C([O-])c1cc(/C=C/c2cnn(-c3ccccc3)c2)nc2ccccc12. The highest BCUT2D eigenvalue weighted by Crippen LogP contribution is 2.19. The molecule has 0 atom stereocenters. The molecule has 0 unspecified atom stereocenters. The average Bonchev–Trinajstić information content (AvgIpc) is 3.15. The predicted octanol–water partition coefficient (Wildman–Crippen LogP) is 2.95. The molecule has 0 N–H and O–H groups in total. The first-order valence-electron chi connectivity index (χ1n) is 8.10. The summed E-state index contributed by atoms with van der Waals surface area (Å²) >= 11 is 0. The minimum Gasteiger partial charge on any atom is -0.545 e. The van der Waals surface area contributed by atoms with E-state index < -0.39 is 5.97 Å². The molecule has 2 aromatic carbocycles. The topological polar surface area (TPSA) is 70.8 Å². The van der Waals surface area contributed by atoms with E-state index >= 15 is 0 Å². The van der Waals surface area contributed by atoms with Gasteiger partial charge in [-0.2, -0.15) is 5.10 Å². The highest BCUT2D eigenvalue weighted by molar-refractivity contribution is 6.02. The maximum absolute atomic E-state index is 11.4. The summed E-state index contributed by atoms with van der Waals surface area (Å²) in [6, 6.07) is 18.4. The lowest BCUT2D eigenvalue weighted by molar-refractivity contribution is -0.254. The molecule has 126 valence electrons. The molecule has 5 nitrogen and oxygen atoms in total. The van der Waals surface area contributed by atoms with Gasteiger partial charge in [-0.1, -0.05) is 36.4 Å². The van der Waals surface area contributed by atoms with E-state index in [0.29, 0.717) is 16.6 Å². The molecule has 0 spiro atoms. The molecule has 0 aliphatic heterocycles. The zero-order valence-corrected chi connectivity index (χ0v) is 13.7. The van der Waals surface area contributed by atoms with Gasteiger partial charge in [0.05, 0.1) is 29.1 Å². The number of carboxylic acids is 1. The minimum atomic E-state index is -1.21. The summed E-state index contributed by atoms with van der Waals surface area (Å²) in [7, 11) is 0. The van der Waals surface area contributed by atoms with Gasteiger partial charge < -0.3 is 9.90 Å². The predicted molar refractivity (Wildman–Crippen MR) is 98.6 cm³/mol. The number of nitrogens with zero attached hydrogens (tertiary/aromatic N) is 3. The number of pyridine rings is 1. The number of carbonyl (C=O) groups is 1. The zero-order valence-electron chi connectivity index (χ0n) is 13.7. The van der Waals surface area contributed by atoms with Crippen LogP contribution in [-0.4, -0.2) is 20.7 Å². The fourth-order valence-electron chi connectivity index (χ4n) is 2.78. The number of aromatic nitrogens is 3. The quantitative estimate of drug-likeness (QED) is 0.573. The first-order valence-corrected chi connectivity index (χ1v) is 8.10. The monoisotopic (exact) mass is 340 g/mol. The molecule has 0 saturated heterocycles. The minimum absolute atomic E-state index is 0.134. The number of benzene rings is 2. The molecule has 4 rings (SSSR count). The fraction of sp³-hybridized carbons (Fsp3) is 0. The van der Waals surface area contributed by atoms with Crippen LogP contribution in [0.2, 0.25) is 0 Å². The summed E-state index contributed by atoms with van der Waals surface area (Å²) in [5.74, 6) is -1.21. The largest absolute Gasteiger partial charge is 0.545 e. The van der Waals surface area contributed by atoms with Gasteiger partial charge in [0.1, 0.15) is 0 Å². The van der Waals surface area contributed by atoms with Crippen molar-refractivity contribution in [2.75, 3.05) is 0 Å². The van der Waals surface area contributed by atoms with Gasteiger partial charge in [0.15, 0.2) is 0 Å². The maximum Gasteiger partial charge on any atom is 0.0722 e. The number of aromatic carboxylic acids is 1. The summed E-state index contributed by atoms with van der Waals surface area (Å²) in [6.45, 7) is 0. The van der Waals surface area contributed by atoms with Gasteiger partial charge in [0.2, 0.25) is 0 Å². The lowest BCUT2D eigenvalue weighted by atomic mass is 10.1. The molecule has 4 aromatic rings. The third kappa shape index (κ3) is 3.10. The smallest absolute Gasteiger partial charge is 0.0722 e. The molecule has 0 bridgehead atoms. The molecule has 0 fully saturated rings. The van der Waals surface area contributed by atoms with Crippen LogP contribution in [0.15, 0.2) is 73.1 Å². The fourth-order valence-corrected chi connectivity index (χ4v) is 2.78. The molecular formula is C21H14N3O2-. The molecule has 0 aliphatic rings. The van der Waals surface area contributed by atoms with E-state index in [-0.39, 0.29) is 5.56 Å². The number of hydrogen-bond donors (Lipinski definition) is 0. The van der Waals surface area contributed by atoms with Crippen molar-refractivity contribution in [2.45, 2.75) is 0 Å². The van der Waals surface area contributed by atoms with E-state index in [1.807, 2.05) is 48.7 Å². The van der Waals surface area contributed by atoms with E-state index in [2.05, 4.69) is 10.1 Å². The van der Waals surface area contributed by atoms with E-state index in [1.54, 1.807) is 35.2 Å². The van der Waals surface area contributed by atoms with Gasteiger partial charge in [0.25, 0.3) is 0 Å². The van der Waals surface area contributed by atoms with E-state index in [4.69, 9.17) is 0 Å². The van der Waals surface area contributed by atoms with Crippen LogP contribution in [0.5, 0.6) is 0 Å². The highest BCUT2D eigenvalue weighted by Gasteiger charge is 2.05. The Hall–Kier alpha value is -3.73. The Kier molecular flexibility index (Phi) is 4.03. The number of hydrogen-bond acceptors (Lipinski definition) is 4. The van der Waals surface area contributed by atoms with Gasteiger partial charge in [-0.25, -0.2) is 9.67 Å². The molecule has 0 saturated carbocycles. The Labute approximate surface area is 149 Å². The summed E-state index contributed by atoms with van der Waals surface area (Å²) in [6.07, 6.45) is 7.25. The van der Waals surface area contributed by atoms with Crippen LogP contribution in [0.1, 0.15) is 21.6 Å².